The molecule has 1 unspecified atom stereocenters. The Hall–Kier alpha value is -3.66. The highest BCUT2D eigenvalue weighted by atomic mass is 19.1. The highest BCUT2D eigenvalue weighted by Crippen LogP contribution is 2.28. The van der Waals surface area contributed by atoms with Gasteiger partial charge in [-0.15, -0.1) is 0 Å². The minimum Gasteiger partial charge on any atom is -0.463 e. The summed E-state index contributed by atoms with van der Waals surface area (Å²) in [5, 5.41) is 11.1. The van der Waals surface area contributed by atoms with Gasteiger partial charge in [-0.2, -0.15) is 15.1 Å². The van der Waals surface area contributed by atoms with E-state index in [0.29, 0.717) is 35.4 Å². The average molecular weight is 480 g/mol. The Morgan fingerprint density at radius 1 is 1.23 bits per heavy atom. The van der Waals surface area contributed by atoms with Crippen LogP contribution in [0, 0.1) is 11.6 Å². The van der Waals surface area contributed by atoms with Crippen LogP contribution in [0.15, 0.2) is 48.9 Å². The second-order valence-electron chi connectivity index (χ2n) is 8.68. The number of nitrogens with zero attached hydrogens (tertiary/aromatic N) is 5. The Balaban J connectivity index is 1.42. The molecule has 0 radical (unpaired) electrons. The second-order valence-corrected chi connectivity index (χ2v) is 8.68. The Morgan fingerprint density at radius 3 is 2.97 bits per heavy atom. The predicted octanol–water partition coefficient (Wildman–Crippen LogP) is 4.55. The molecule has 0 amide bonds. The number of anilines is 1. The van der Waals surface area contributed by atoms with Gasteiger partial charge in [0.1, 0.15) is 17.5 Å². The zero-order chi connectivity index (χ0) is 24.2. The topological polar surface area (TPSA) is 89.3 Å². The lowest BCUT2D eigenvalue weighted by molar-refractivity contribution is 0.252. The molecule has 0 saturated carbocycles. The number of piperidine rings is 1. The van der Waals surface area contributed by atoms with Crippen LogP contribution < -0.4 is 15.4 Å². The molecule has 4 heterocycles. The molecule has 3 aromatic heterocycles. The normalized spacial score (nSPS) is 16.8. The van der Waals surface area contributed by atoms with E-state index in [-0.39, 0.29) is 6.01 Å². The number of benzene rings is 1. The predicted molar refractivity (Wildman–Crippen MR) is 128 cm³/mol. The number of hydrogen-bond donors (Lipinski definition) is 2. The van der Waals surface area contributed by atoms with E-state index in [4.69, 9.17) is 4.74 Å². The van der Waals surface area contributed by atoms with Crippen LogP contribution >= 0.6 is 0 Å². The lowest BCUT2D eigenvalue weighted by Gasteiger charge is -2.23. The van der Waals surface area contributed by atoms with Crippen molar-refractivity contribution in [1.82, 2.24) is 29.9 Å². The van der Waals surface area contributed by atoms with Gasteiger partial charge in [-0.3, -0.25) is 0 Å². The molecule has 182 valence electrons. The van der Waals surface area contributed by atoms with Crippen molar-refractivity contribution >= 4 is 11.5 Å². The minimum absolute atomic E-state index is 0.211. The van der Waals surface area contributed by atoms with Gasteiger partial charge in [-0.1, -0.05) is 12.5 Å². The summed E-state index contributed by atoms with van der Waals surface area (Å²) in [6.07, 6.45) is 9.59. The molecule has 4 aromatic rings. The largest absolute Gasteiger partial charge is 0.463 e. The average Bonchev–Trinajstić information content (AvgIpc) is 3.29. The molecule has 0 spiro atoms. The van der Waals surface area contributed by atoms with E-state index in [1.54, 1.807) is 42.2 Å². The third-order valence-electron chi connectivity index (χ3n) is 6.16. The third-order valence-corrected chi connectivity index (χ3v) is 6.16. The number of nitrogens with one attached hydrogen (secondary N) is 2. The molecule has 1 aromatic carbocycles. The SMILES string of the molecule is C[C@H](Nc1cc(-c2cnn3cccnc23)nc(OCCC2CCCCN2)n1)c1ccc(F)cc1F. The van der Waals surface area contributed by atoms with Gasteiger partial charge in [0.05, 0.1) is 30.1 Å². The van der Waals surface area contributed by atoms with E-state index < -0.39 is 17.7 Å². The van der Waals surface area contributed by atoms with Gasteiger partial charge in [0.15, 0.2) is 5.65 Å². The number of rotatable bonds is 8. The summed E-state index contributed by atoms with van der Waals surface area (Å²) in [7, 11) is 0. The van der Waals surface area contributed by atoms with E-state index in [2.05, 4.69) is 30.7 Å². The van der Waals surface area contributed by atoms with Crippen molar-refractivity contribution < 1.29 is 13.5 Å². The van der Waals surface area contributed by atoms with Crippen molar-refractivity contribution in [3.05, 3.63) is 66.1 Å². The Kier molecular flexibility index (Phi) is 6.80. The van der Waals surface area contributed by atoms with Gasteiger partial charge in [0, 0.05) is 36.1 Å². The first-order chi connectivity index (χ1) is 17.1. The van der Waals surface area contributed by atoms with E-state index >= 15 is 0 Å². The van der Waals surface area contributed by atoms with Crippen LogP contribution in [0.2, 0.25) is 0 Å². The first kappa shape index (κ1) is 23.1. The highest BCUT2D eigenvalue weighted by molar-refractivity contribution is 5.75. The summed E-state index contributed by atoms with van der Waals surface area (Å²) in [5.74, 6) is -0.790. The Labute approximate surface area is 201 Å². The molecule has 1 aliphatic heterocycles. The maximum atomic E-state index is 14.3. The molecular weight excluding hydrogens is 452 g/mol. The molecule has 10 heteroatoms. The van der Waals surface area contributed by atoms with Crippen molar-refractivity contribution in [3.8, 4) is 17.3 Å². The highest BCUT2D eigenvalue weighted by Gasteiger charge is 2.18. The molecule has 1 saturated heterocycles. The summed E-state index contributed by atoms with van der Waals surface area (Å²) in [5.41, 5.74) is 2.27. The molecule has 35 heavy (non-hydrogen) atoms. The molecule has 2 atom stereocenters. The maximum Gasteiger partial charge on any atom is 0.318 e. The van der Waals surface area contributed by atoms with Gasteiger partial charge >= 0.3 is 6.01 Å². The van der Waals surface area contributed by atoms with Crippen LogP contribution in [0.25, 0.3) is 16.9 Å². The summed E-state index contributed by atoms with van der Waals surface area (Å²) >= 11 is 0. The van der Waals surface area contributed by atoms with Crippen molar-refractivity contribution in [2.24, 2.45) is 0 Å². The van der Waals surface area contributed by atoms with E-state index in [9.17, 15) is 8.78 Å². The molecule has 0 bridgehead atoms. The third kappa shape index (κ3) is 5.37. The van der Waals surface area contributed by atoms with Crippen LogP contribution in [-0.2, 0) is 0 Å². The zero-order valence-corrected chi connectivity index (χ0v) is 19.4. The fraction of sp³-hybridized carbons (Fsp3) is 0.360. The fourth-order valence-corrected chi connectivity index (χ4v) is 4.32. The molecule has 5 rings (SSSR count). The van der Waals surface area contributed by atoms with Crippen LogP contribution in [0.1, 0.15) is 44.2 Å². The van der Waals surface area contributed by atoms with Gasteiger partial charge in [0.25, 0.3) is 0 Å². The monoisotopic (exact) mass is 479 g/mol. The Morgan fingerprint density at radius 2 is 2.14 bits per heavy atom. The van der Waals surface area contributed by atoms with Crippen molar-refractivity contribution in [3.63, 3.8) is 0 Å². The number of hydrogen-bond acceptors (Lipinski definition) is 7. The summed E-state index contributed by atoms with van der Waals surface area (Å²) in [6.45, 7) is 3.28. The van der Waals surface area contributed by atoms with E-state index in [1.807, 2.05) is 0 Å². The summed E-state index contributed by atoms with van der Waals surface area (Å²) in [6, 6.07) is 7.24. The Bertz CT molecular complexity index is 1310. The summed E-state index contributed by atoms with van der Waals surface area (Å²) < 4.78 is 35.3. The fourth-order valence-electron chi connectivity index (χ4n) is 4.32. The molecule has 0 aliphatic carbocycles. The van der Waals surface area contributed by atoms with Gasteiger partial charge in [-0.25, -0.2) is 18.3 Å². The smallest absolute Gasteiger partial charge is 0.318 e. The molecule has 1 aliphatic rings. The second kappa shape index (κ2) is 10.3. The lowest BCUT2D eigenvalue weighted by Crippen LogP contribution is -2.35. The first-order valence-electron chi connectivity index (χ1n) is 11.8. The van der Waals surface area contributed by atoms with Crippen molar-refractivity contribution in [2.75, 3.05) is 18.5 Å². The van der Waals surface area contributed by atoms with Crippen molar-refractivity contribution in [2.45, 2.75) is 44.7 Å². The minimum atomic E-state index is -0.623. The molecule has 2 N–H and O–H groups in total. The van der Waals surface area contributed by atoms with Gasteiger partial charge in [0.2, 0.25) is 0 Å². The molecule has 1 fully saturated rings. The van der Waals surface area contributed by atoms with Gasteiger partial charge < -0.3 is 15.4 Å². The van der Waals surface area contributed by atoms with Crippen LogP contribution in [-0.4, -0.2) is 43.8 Å². The quantitative estimate of drug-likeness (QED) is 0.383. The van der Waals surface area contributed by atoms with E-state index in [1.165, 1.54) is 25.0 Å². The number of fused-ring (bicyclic) bond motifs is 1. The van der Waals surface area contributed by atoms with Crippen LogP contribution in [0.4, 0.5) is 14.6 Å². The summed E-state index contributed by atoms with van der Waals surface area (Å²) in [4.78, 5) is 13.5. The first-order valence-corrected chi connectivity index (χ1v) is 11.8. The molecular formula is C25H27F2N7O. The van der Waals surface area contributed by atoms with Crippen LogP contribution in [0.3, 0.4) is 0 Å². The number of aromatic nitrogens is 5. The number of ether oxygens (including phenoxy) is 1. The lowest BCUT2D eigenvalue weighted by atomic mass is 10.0. The zero-order valence-electron chi connectivity index (χ0n) is 19.4. The number of halogens is 2. The van der Waals surface area contributed by atoms with Crippen molar-refractivity contribution in [1.29, 1.82) is 0 Å². The standard InChI is InChI=1S/C25H27F2N7O/c1-16(19-7-6-17(26)13-21(19)27)31-23-14-22(20-15-30-34-11-4-10-29-24(20)34)32-25(33-23)35-12-8-18-5-2-3-9-28-18/h4,6-7,10-11,13-16,18,28H,2-3,5,8-9,12H2,1H3,(H,31,32,33)/t16-,18?/m0/s1. The molecule has 8 nitrogen and oxygen atoms in total. The maximum absolute atomic E-state index is 14.3. The van der Waals surface area contributed by atoms with E-state index in [0.717, 1.165) is 31.0 Å². The van der Waals surface area contributed by atoms with Crippen LogP contribution in [0.5, 0.6) is 6.01 Å². The van der Waals surface area contributed by atoms with Gasteiger partial charge in [-0.05, 0) is 44.9 Å².